The van der Waals surface area contributed by atoms with Crippen LogP contribution in [-0.2, 0) is 19.3 Å². The summed E-state index contributed by atoms with van der Waals surface area (Å²) in [6.07, 6.45) is 20.5. The molecule has 0 heterocycles. The minimum atomic E-state index is 0.978. The van der Waals surface area contributed by atoms with Gasteiger partial charge in [0.2, 0.25) is 0 Å². The molecule has 35 heavy (non-hydrogen) atoms. The molecule has 0 saturated carbocycles. The zero-order valence-corrected chi connectivity index (χ0v) is 23.6. The van der Waals surface area contributed by atoms with E-state index in [1.54, 1.807) is 0 Å². The fraction of sp³-hybridized carbons (Fsp3) is 0.576. The van der Waals surface area contributed by atoms with Gasteiger partial charge in [0.1, 0.15) is 0 Å². The molecule has 2 rings (SSSR count). The standard InChI is InChI=1S/C33H50N2/c1-7-10-12-14-15-17-18-31-23-29(22-26(4)27(31)5)20-21-34-35-33-24-30(9-3)28(6)32(25-33)19-16-13-11-8-2/h20-25H,7-19H2,1-6H3. The van der Waals surface area contributed by atoms with E-state index in [9.17, 15) is 0 Å². The number of azo groups is 1. The summed E-state index contributed by atoms with van der Waals surface area (Å²) in [5.41, 5.74) is 10.8. The average Bonchev–Trinajstić information content (AvgIpc) is 2.85. The van der Waals surface area contributed by atoms with E-state index in [2.05, 4.69) is 82.1 Å². The highest BCUT2D eigenvalue weighted by molar-refractivity contribution is 5.54. The Bertz CT molecular complexity index is 952. The number of nitrogens with zero attached hydrogens (tertiary/aromatic N) is 2. The van der Waals surface area contributed by atoms with Crippen LogP contribution in [0, 0.1) is 20.8 Å². The molecule has 0 aromatic heterocycles. The van der Waals surface area contributed by atoms with Crippen molar-refractivity contribution in [2.24, 2.45) is 10.2 Å². The zero-order chi connectivity index (χ0) is 25.5. The summed E-state index contributed by atoms with van der Waals surface area (Å²) < 4.78 is 0. The first-order valence-corrected chi connectivity index (χ1v) is 14.3. The molecule has 0 spiro atoms. The van der Waals surface area contributed by atoms with Crippen LogP contribution >= 0.6 is 0 Å². The van der Waals surface area contributed by atoms with Gasteiger partial charge >= 0.3 is 0 Å². The van der Waals surface area contributed by atoms with Gasteiger partial charge in [-0.25, -0.2) is 0 Å². The lowest BCUT2D eigenvalue weighted by molar-refractivity contribution is 0.607. The summed E-state index contributed by atoms with van der Waals surface area (Å²) in [5, 5.41) is 8.98. The van der Waals surface area contributed by atoms with E-state index >= 15 is 0 Å². The van der Waals surface area contributed by atoms with E-state index in [1.165, 1.54) is 110 Å². The van der Waals surface area contributed by atoms with Crippen molar-refractivity contribution in [2.75, 3.05) is 0 Å². The summed E-state index contributed by atoms with van der Waals surface area (Å²) in [7, 11) is 0. The van der Waals surface area contributed by atoms with Gasteiger partial charge in [0.25, 0.3) is 0 Å². The van der Waals surface area contributed by atoms with Crippen molar-refractivity contribution in [1.29, 1.82) is 0 Å². The van der Waals surface area contributed by atoms with E-state index in [1.807, 2.05) is 6.20 Å². The van der Waals surface area contributed by atoms with Gasteiger partial charge in [-0.15, -0.1) is 0 Å². The number of unbranched alkanes of at least 4 members (excludes halogenated alkanes) is 8. The molecule has 2 aromatic carbocycles. The quantitative estimate of drug-likeness (QED) is 0.171. The molecule has 0 unspecified atom stereocenters. The van der Waals surface area contributed by atoms with Crippen LogP contribution in [0.25, 0.3) is 6.08 Å². The first-order chi connectivity index (χ1) is 17.0. The topological polar surface area (TPSA) is 24.7 Å². The number of hydrogen-bond acceptors (Lipinski definition) is 2. The molecule has 0 aliphatic carbocycles. The van der Waals surface area contributed by atoms with Crippen LogP contribution in [0.3, 0.4) is 0 Å². The molecule has 0 amide bonds. The molecule has 2 aromatic rings. The van der Waals surface area contributed by atoms with Crippen LogP contribution < -0.4 is 0 Å². The average molecular weight is 475 g/mol. The Morgan fingerprint density at radius 3 is 1.86 bits per heavy atom. The summed E-state index contributed by atoms with van der Waals surface area (Å²) in [6.45, 7) is 13.5. The highest BCUT2D eigenvalue weighted by Crippen LogP contribution is 2.26. The third-order valence-electron chi connectivity index (χ3n) is 7.39. The fourth-order valence-corrected chi connectivity index (χ4v) is 4.88. The Morgan fingerprint density at radius 2 is 1.20 bits per heavy atom. The molecular weight excluding hydrogens is 424 g/mol. The molecular formula is C33H50N2. The van der Waals surface area contributed by atoms with Crippen molar-refractivity contribution >= 4 is 11.8 Å². The highest BCUT2D eigenvalue weighted by atomic mass is 15.1. The Morgan fingerprint density at radius 1 is 0.629 bits per heavy atom. The molecule has 0 fully saturated rings. The zero-order valence-electron chi connectivity index (χ0n) is 23.6. The van der Waals surface area contributed by atoms with Gasteiger partial charge in [0.15, 0.2) is 0 Å². The molecule has 0 saturated heterocycles. The summed E-state index contributed by atoms with van der Waals surface area (Å²) >= 11 is 0. The van der Waals surface area contributed by atoms with Crippen molar-refractivity contribution in [3.05, 3.63) is 69.4 Å². The number of hydrogen-bond donors (Lipinski definition) is 0. The van der Waals surface area contributed by atoms with Gasteiger partial charge in [-0.2, -0.15) is 10.2 Å². The van der Waals surface area contributed by atoms with Crippen LogP contribution in [0.5, 0.6) is 0 Å². The molecule has 0 atom stereocenters. The number of rotatable bonds is 16. The second-order valence-electron chi connectivity index (χ2n) is 10.2. The van der Waals surface area contributed by atoms with Gasteiger partial charge < -0.3 is 0 Å². The lowest BCUT2D eigenvalue weighted by atomic mass is 9.95. The van der Waals surface area contributed by atoms with Crippen molar-refractivity contribution < 1.29 is 0 Å². The number of benzene rings is 2. The largest absolute Gasteiger partial charge is 0.159 e. The normalized spacial score (nSPS) is 11.8. The predicted molar refractivity (Wildman–Crippen MR) is 155 cm³/mol. The molecule has 0 aliphatic heterocycles. The smallest absolute Gasteiger partial charge is 0.0862 e. The Kier molecular flexibility index (Phi) is 13.6. The SMILES string of the molecule is CCCCCCCCc1cc(C=CN=Nc2cc(CC)c(C)c(CCCCCC)c2)cc(C)c1C. The lowest BCUT2D eigenvalue weighted by Crippen LogP contribution is -1.95. The van der Waals surface area contributed by atoms with E-state index in [0.29, 0.717) is 0 Å². The van der Waals surface area contributed by atoms with Crippen LogP contribution in [0.2, 0.25) is 0 Å². The summed E-state index contributed by atoms with van der Waals surface area (Å²) in [4.78, 5) is 0. The van der Waals surface area contributed by atoms with Gasteiger partial charge in [-0.1, -0.05) is 84.3 Å². The molecule has 2 heteroatoms. The monoisotopic (exact) mass is 474 g/mol. The summed E-state index contributed by atoms with van der Waals surface area (Å²) in [6, 6.07) is 9.06. The van der Waals surface area contributed by atoms with Crippen molar-refractivity contribution in [3.63, 3.8) is 0 Å². The van der Waals surface area contributed by atoms with Crippen molar-refractivity contribution in [2.45, 2.75) is 125 Å². The van der Waals surface area contributed by atoms with Gasteiger partial charge in [0, 0.05) is 0 Å². The van der Waals surface area contributed by atoms with Crippen LogP contribution in [0.1, 0.15) is 124 Å². The maximum absolute atomic E-state index is 4.56. The highest BCUT2D eigenvalue weighted by Gasteiger charge is 2.07. The molecule has 192 valence electrons. The fourth-order valence-electron chi connectivity index (χ4n) is 4.88. The Labute approximate surface area is 216 Å². The van der Waals surface area contributed by atoms with E-state index in [0.717, 1.165) is 18.5 Å². The maximum Gasteiger partial charge on any atom is 0.0862 e. The van der Waals surface area contributed by atoms with Crippen molar-refractivity contribution in [1.82, 2.24) is 0 Å². The Balaban J connectivity index is 2.04. The molecule has 0 aliphatic rings. The second kappa shape index (κ2) is 16.5. The number of aryl methyl sites for hydroxylation is 4. The molecule has 2 nitrogen and oxygen atoms in total. The maximum atomic E-state index is 4.56. The molecule has 0 bridgehead atoms. The molecule has 0 N–H and O–H groups in total. The first-order valence-electron chi connectivity index (χ1n) is 14.3. The van der Waals surface area contributed by atoms with Crippen LogP contribution in [0.15, 0.2) is 40.7 Å². The van der Waals surface area contributed by atoms with Crippen LogP contribution in [-0.4, -0.2) is 0 Å². The van der Waals surface area contributed by atoms with E-state index < -0.39 is 0 Å². The van der Waals surface area contributed by atoms with E-state index in [-0.39, 0.29) is 0 Å². The third kappa shape index (κ3) is 10.1. The summed E-state index contributed by atoms with van der Waals surface area (Å²) in [5.74, 6) is 0. The lowest BCUT2D eigenvalue weighted by Gasteiger charge is -2.11. The van der Waals surface area contributed by atoms with Gasteiger partial charge in [-0.3, -0.25) is 0 Å². The minimum Gasteiger partial charge on any atom is -0.159 e. The van der Waals surface area contributed by atoms with Gasteiger partial charge in [-0.05, 0) is 110 Å². The van der Waals surface area contributed by atoms with Crippen LogP contribution in [0.4, 0.5) is 5.69 Å². The first kappa shape index (κ1) is 29.0. The predicted octanol–water partition coefficient (Wildman–Crippen LogP) is 11.0. The molecule has 0 radical (unpaired) electrons. The van der Waals surface area contributed by atoms with Crippen molar-refractivity contribution in [3.8, 4) is 0 Å². The minimum absolute atomic E-state index is 0.978. The third-order valence-corrected chi connectivity index (χ3v) is 7.39. The second-order valence-corrected chi connectivity index (χ2v) is 10.2. The van der Waals surface area contributed by atoms with Gasteiger partial charge in [0.05, 0.1) is 11.9 Å². The van der Waals surface area contributed by atoms with E-state index in [4.69, 9.17) is 0 Å². The Hall–Kier alpha value is -2.22.